The van der Waals surface area contributed by atoms with E-state index in [0.717, 1.165) is 17.3 Å². The van der Waals surface area contributed by atoms with E-state index in [4.69, 9.17) is 25.8 Å². The molecule has 1 aliphatic rings. The second-order valence-electron chi connectivity index (χ2n) is 7.20. The molecule has 0 radical (unpaired) electrons. The van der Waals surface area contributed by atoms with Gasteiger partial charge in [0.1, 0.15) is 12.4 Å². The fourth-order valence-corrected chi connectivity index (χ4v) is 4.04. The number of carbonyl (C=O) groups is 2. The van der Waals surface area contributed by atoms with E-state index in [9.17, 15) is 9.59 Å². The molecule has 31 heavy (non-hydrogen) atoms. The van der Waals surface area contributed by atoms with Crippen LogP contribution in [0.5, 0.6) is 17.2 Å². The van der Waals surface area contributed by atoms with Gasteiger partial charge in [-0.2, -0.15) is 0 Å². The summed E-state index contributed by atoms with van der Waals surface area (Å²) in [5, 5.41) is 0.0339. The highest BCUT2D eigenvalue weighted by molar-refractivity contribution is 8.18. The first-order valence-corrected chi connectivity index (χ1v) is 11.0. The molecular weight excluding hydrogens is 438 g/mol. The van der Waals surface area contributed by atoms with Crippen molar-refractivity contribution in [3.8, 4) is 17.2 Å². The number of carbonyl (C=O) groups excluding carboxylic acids is 2. The standard InChI is InChI=1S/C23H24ClNO5S/c1-14(2)30-21-18(24)11-16(12-19(21)28-4)13-20-22(26)25(23(27)31-20)9-10-29-17-7-5-15(3)6-8-17/h5-8,11-14H,9-10H2,1-4H3/b20-13-. The number of hydrogen-bond donors (Lipinski definition) is 0. The van der Waals surface area contributed by atoms with Crippen LogP contribution in [0.1, 0.15) is 25.0 Å². The minimum absolute atomic E-state index is 0.0733. The number of aryl methyl sites for hydroxylation is 1. The Morgan fingerprint density at radius 3 is 2.52 bits per heavy atom. The maximum absolute atomic E-state index is 12.7. The van der Waals surface area contributed by atoms with Crippen LogP contribution in [0.4, 0.5) is 4.79 Å². The van der Waals surface area contributed by atoms with E-state index in [1.165, 1.54) is 12.0 Å². The van der Waals surface area contributed by atoms with Crippen molar-refractivity contribution < 1.29 is 23.8 Å². The molecule has 0 spiro atoms. The van der Waals surface area contributed by atoms with Crippen molar-refractivity contribution in [2.24, 2.45) is 0 Å². The smallest absolute Gasteiger partial charge is 0.293 e. The highest BCUT2D eigenvalue weighted by Crippen LogP contribution is 2.39. The fraction of sp³-hybridized carbons (Fsp3) is 0.304. The molecule has 1 aliphatic heterocycles. The lowest BCUT2D eigenvalue weighted by molar-refractivity contribution is -0.123. The minimum atomic E-state index is -0.361. The Balaban J connectivity index is 1.70. The number of hydrogen-bond acceptors (Lipinski definition) is 6. The fourth-order valence-electron chi connectivity index (χ4n) is 2.91. The van der Waals surface area contributed by atoms with Crippen LogP contribution in [0.25, 0.3) is 6.08 Å². The highest BCUT2D eigenvalue weighted by atomic mass is 35.5. The van der Waals surface area contributed by atoms with Gasteiger partial charge in [0.05, 0.1) is 29.7 Å². The number of thioether (sulfide) groups is 1. The number of imide groups is 1. The Kier molecular flexibility index (Phi) is 7.51. The molecule has 3 rings (SSSR count). The zero-order chi connectivity index (χ0) is 22.5. The maximum Gasteiger partial charge on any atom is 0.293 e. The molecule has 0 aromatic heterocycles. The summed E-state index contributed by atoms with van der Waals surface area (Å²) in [6, 6.07) is 11.0. The normalized spacial score (nSPS) is 15.2. The van der Waals surface area contributed by atoms with E-state index < -0.39 is 0 Å². The number of methoxy groups -OCH3 is 1. The Bertz CT molecular complexity index is 1000. The molecule has 0 aliphatic carbocycles. The third kappa shape index (κ3) is 5.74. The van der Waals surface area contributed by atoms with Crippen LogP contribution < -0.4 is 14.2 Å². The zero-order valence-corrected chi connectivity index (χ0v) is 19.4. The number of rotatable bonds is 8. The van der Waals surface area contributed by atoms with Crippen molar-refractivity contribution in [3.63, 3.8) is 0 Å². The van der Waals surface area contributed by atoms with Gasteiger partial charge in [0, 0.05) is 0 Å². The third-order valence-corrected chi connectivity index (χ3v) is 5.57. The van der Waals surface area contributed by atoms with Crippen LogP contribution >= 0.6 is 23.4 Å². The Labute approximate surface area is 191 Å². The first-order valence-electron chi connectivity index (χ1n) is 9.77. The summed E-state index contributed by atoms with van der Waals surface area (Å²) in [6.07, 6.45) is 1.55. The maximum atomic E-state index is 12.7. The van der Waals surface area contributed by atoms with Gasteiger partial charge in [-0.15, -0.1) is 0 Å². The molecular formula is C23H24ClNO5S. The third-order valence-electron chi connectivity index (χ3n) is 4.38. The molecule has 2 aromatic rings. The van der Waals surface area contributed by atoms with Gasteiger partial charge in [0.25, 0.3) is 11.1 Å². The minimum Gasteiger partial charge on any atom is -0.493 e. The largest absolute Gasteiger partial charge is 0.493 e. The van der Waals surface area contributed by atoms with E-state index in [-0.39, 0.29) is 30.4 Å². The van der Waals surface area contributed by atoms with Gasteiger partial charge in [0.2, 0.25) is 0 Å². The lowest BCUT2D eigenvalue weighted by Gasteiger charge is -2.15. The zero-order valence-electron chi connectivity index (χ0n) is 17.8. The van der Waals surface area contributed by atoms with Crippen molar-refractivity contribution in [1.29, 1.82) is 0 Å². The van der Waals surface area contributed by atoms with Crippen molar-refractivity contribution >= 4 is 40.6 Å². The first kappa shape index (κ1) is 23.0. The molecule has 1 saturated heterocycles. The van der Waals surface area contributed by atoms with Crippen molar-refractivity contribution in [1.82, 2.24) is 4.90 Å². The van der Waals surface area contributed by atoms with Crippen LogP contribution in [0.3, 0.4) is 0 Å². The predicted molar refractivity (Wildman–Crippen MR) is 123 cm³/mol. The van der Waals surface area contributed by atoms with Crippen LogP contribution in [-0.4, -0.2) is 42.4 Å². The summed E-state index contributed by atoms with van der Waals surface area (Å²) in [4.78, 5) is 26.6. The molecule has 6 nitrogen and oxygen atoms in total. The van der Waals surface area contributed by atoms with Crippen LogP contribution in [0.15, 0.2) is 41.3 Å². The van der Waals surface area contributed by atoms with Gasteiger partial charge in [-0.3, -0.25) is 14.5 Å². The van der Waals surface area contributed by atoms with Gasteiger partial charge in [-0.05, 0) is 68.4 Å². The molecule has 1 heterocycles. The molecule has 2 aromatic carbocycles. The number of nitrogens with zero attached hydrogens (tertiary/aromatic N) is 1. The van der Waals surface area contributed by atoms with Gasteiger partial charge in [0.15, 0.2) is 11.5 Å². The van der Waals surface area contributed by atoms with Crippen molar-refractivity contribution in [2.75, 3.05) is 20.3 Å². The predicted octanol–water partition coefficient (Wildman–Crippen LogP) is 5.56. The summed E-state index contributed by atoms with van der Waals surface area (Å²) in [6.45, 7) is 6.16. The number of ether oxygens (including phenoxy) is 3. The summed E-state index contributed by atoms with van der Waals surface area (Å²) in [5.41, 5.74) is 1.77. The number of amides is 2. The second kappa shape index (κ2) is 10.1. The Morgan fingerprint density at radius 2 is 1.87 bits per heavy atom. The lowest BCUT2D eigenvalue weighted by atomic mass is 10.1. The van der Waals surface area contributed by atoms with Crippen LogP contribution in [-0.2, 0) is 4.79 Å². The summed E-state index contributed by atoms with van der Waals surface area (Å²) < 4.78 is 16.7. The van der Waals surface area contributed by atoms with E-state index in [1.807, 2.05) is 45.0 Å². The number of halogens is 1. The van der Waals surface area contributed by atoms with E-state index >= 15 is 0 Å². The molecule has 0 N–H and O–H groups in total. The first-order chi connectivity index (χ1) is 14.8. The summed E-state index contributed by atoms with van der Waals surface area (Å²) in [7, 11) is 1.52. The molecule has 0 unspecified atom stereocenters. The quantitative estimate of drug-likeness (QED) is 0.479. The summed E-state index contributed by atoms with van der Waals surface area (Å²) >= 11 is 7.24. The second-order valence-corrected chi connectivity index (χ2v) is 8.60. The molecule has 0 atom stereocenters. The molecule has 8 heteroatoms. The van der Waals surface area contributed by atoms with Crippen molar-refractivity contribution in [3.05, 3.63) is 57.5 Å². The average Bonchev–Trinajstić information content (AvgIpc) is 2.98. The Hall–Kier alpha value is -2.64. The Morgan fingerprint density at radius 1 is 1.16 bits per heavy atom. The highest BCUT2D eigenvalue weighted by Gasteiger charge is 2.35. The molecule has 2 amide bonds. The van der Waals surface area contributed by atoms with E-state index in [1.54, 1.807) is 18.2 Å². The number of benzene rings is 2. The summed E-state index contributed by atoms with van der Waals surface area (Å²) in [5.74, 6) is 1.23. The lowest BCUT2D eigenvalue weighted by Crippen LogP contribution is -2.32. The van der Waals surface area contributed by atoms with Gasteiger partial charge in [-0.1, -0.05) is 29.3 Å². The molecule has 164 valence electrons. The molecule has 1 fully saturated rings. The average molecular weight is 462 g/mol. The molecule has 0 bridgehead atoms. The molecule has 0 saturated carbocycles. The van der Waals surface area contributed by atoms with E-state index in [2.05, 4.69) is 0 Å². The van der Waals surface area contributed by atoms with Crippen LogP contribution in [0.2, 0.25) is 5.02 Å². The van der Waals surface area contributed by atoms with Crippen molar-refractivity contribution in [2.45, 2.75) is 26.9 Å². The van der Waals surface area contributed by atoms with Gasteiger partial charge >= 0.3 is 0 Å². The van der Waals surface area contributed by atoms with Gasteiger partial charge < -0.3 is 14.2 Å². The SMILES string of the molecule is COc1cc(/C=C2\SC(=O)N(CCOc3ccc(C)cc3)C2=O)cc(Cl)c1OC(C)C. The van der Waals surface area contributed by atoms with Crippen LogP contribution in [0, 0.1) is 6.92 Å². The topological polar surface area (TPSA) is 65.1 Å². The monoisotopic (exact) mass is 461 g/mol. The van der Waals surface area contributed by atoms with E-state index in [0.29, 0.717) is 32.7 Å². The van der Waals surface area contributed by atoms with Gasteiger partial charge in [-0.25, -0.2) is 0 Å².